The summed E-state index contributed by atoms with van der Waals surface area (Å²) in [5.41, 5.74) is 2.52. The summed E-state index contributed by atoms with van der Waals surface area (Å²) in [6.07, 6.45) is 1.71. The lowest BCUT2D eigenvalue weighted by molar-refractivity contribution is 0.174. The first kappa shape index (κ1) is 18.7. The molecule has 0 saturated heterocycles. The Morgan fingerprint density at radius 3 is 2.87 bits per heavy atom. The molecule has 156 valence electrons. The van der Waals surface area contributed by atoms with Gasteiger partial charge in [-0.15, -0.1) is 5.10 Å². The molecule has 0 aliphatic carbocycles. The van der Waals surface area contributed by atoms with Crippen molar-refractivity contribution in [3.05, 3.63) is 66.4 Å². The van der Waals surface area contributed by atoms with E-state index in [0.717, 1.165) is 17.0 Å². The fourth-order valence-electron chi connectivity index (χ4n) is 3.17. The van der Waals surface area contributed by atoms with Gasteiger partial charge in [0, 0.05) is 24.5 Å². The summed E-state index contributed by atoms with van der Waals surface area (Å²) in [4.78, 5) is 4.42. The number of rotatable bonds is 7. The second-order valence-electron chi connectivity index (χ2n) is 6.71. The smallest absolute Gasteiger partial charge is 0.320 e. The maximum Gasteiger partial charge on any atom is 0.320 e. The molecule has 2 aromatic carbocycles. The van der Waals surface area contributed by atoms with Gasteiger partial charge in [-0.2, -0.15) is 0 Å². The molecule has 0 spiro atoms. The predicted molar refractivity (Wildman–Crippen MR) is 114 cm³/mol. The van der Waals surface area contributed by atoms with Crippen LogP contribution in [0.4, 0.5) is 17.5 Å². The maximum atomic E-state index is 5.82. The Morgan fingerprint density at radius 1 is 1.00 bits per heavy atom. The lowest BCUT2D eigenvalue weighted by Crippen LogP contribution is -2.03. The average molecular weight is 417 g/mol. The molecule has 0 unspecified atom stereocenters. The number of aromatic nitrogens is 3. The largest absolute Gasteiger partial charge is 0.497 e. The molecule has 0 amide bonds. The SMILES string of the molecule is COc1cccc(CNc2ncccc2-c2nnc(Nc3ccc4c(c3)OCO4)o2)c1. The van der Waals surface area contributed by atoms with E-state index in [-0.39, 0.29) is 12.8 Å². The lowest BCUT2D eigenvalue weighted by atomic mass is 10.2. The molecule has 1 aliphatic heterocycles. The van der Waals surface area contributed by atoms with E-state index >= 15 is 0 Å². The zero-order chi connectivity index (χ0) is 21.0. The van der Waals surface area contributed by atoms with E-state index in [0.29, 0.717) is 35.3 Å². The molecule has 0 fully saturated rings. The minimum absolute atomic E-state index is 0.218. The van der Waals surface area contributed by atoms with Gasteiger partial charge in [0.15, 0.2) is 11.5 Å². The van der Waals surface area contributed by atoms with Gasteiger partial charge in [0.05, 0.1) is 12.7 Å². The Kier molecular flexibility index (Phi) is 4.97. The Bertz CT molecular complexity index is 1210. The van der Waals surface area contributed by atoms with E-state index in [1.807, 2.05) is 54.6 Å². The Hall–Kier alpha value is -4.27. The Morgan fingerprint density at radius 2 is 1.94 bits per heavy atom. The highest BCUT2D eigenvalue weighted by Crippen LogP contribution is 2.35. The summed E-state index contributed by atoms with van der Waals surface area (Å²) in [7, 11) is 1.65. The van der Waals surface area contributed by atoms with Crippen LogP contribution in [0.3, 0.4) is 0 Å². The molecular weight excluding hydrogens is 398 g/mol. The second-order valence-corrected chi connectivity index (χ2v) is 6.71. The van der Waals surface area contributed by atoms with Crippen molar-refractivity contribution in [3.8, 4) is 28.7 Å². The predicted octanol–water partition coefficient (Wildman–Crippen LogP) is 4.22. The van der Waals surface area contributed by atoms with Gasteiger partial charge in [0.1, 0.15) is 11.6 Å². The number of nitrogens with zero attached hydrogens (tertiary/aromatic N) is 3. The van der Waals surface area contributed by atoms with Crippen molar-refractivity contribution in [1.82, 2.24) is 15.2 Å². The number of methoxy groups -OCH3 is 1. The van der Waals surface area contributed by atoms with Crippen LogP contribution >= 0.6 is 0 Å². The Labute approximate surface area is 178 Å². The van der Waals surface area contributed by atoms with Gasteiger partial charge in [-0.05, 0) is 42.0 Å². The normalized spacial score (nSPS) is 11.9. The van der Waals surface area contributed by atoms with Crippen LogP contribution in [0, 0.1) is 0 Å². The molecule has 5 rings (SSSR count). The van der Waals surface area contributed by atoms with E-state index in [1.165, 1.54) is 0 Å². The van der Waals surface area contributed by atoms with Gasteiger partial charge in [0.25, 0.3) is 5.89 Å². The zero-order valence-electron chi connectivity index (χ0n) is 16.7. The molecule has 2 aromatic heterocycles. The first-order chi connectivity index (χ1) is 15.3. The third-order valence-electron chi connectivity index (χ3n) is 4.68. The summed E-state index contributed by atoms with van der Waals surface area (Å²) in [5.74, 6) is 3.17. The molecule has 31 heavy (non-hydrogen) atoms. The van der Waals surface area contributed by atoms with Crippen LogP contribution in [-0.4, -0.2) is 29.1 Å². The number of hydrogen-bond donors (Lipinski definition) is 2. The fourth-order valence-corrected chi connectivity index (χ4v) is 3.17. The van der Waals surface area contributed by atoms with E-state index in [2.05, 4.69) is 25.8 Å². The minimum atomic E-state index is 0.218. The van der Waals surface area contributed by atoms with E-state index in [1.54, 1.807) is 13.3 Å². The van der Waals surface area contributed by atoms with Crippen molar-refractivity contribution >= 4 is 17.5 Å². The van der Waals surface area contributed by atoms with Crippen molar-refractivity contribution in [2.24, 2.45) is 0 Å². The minimum Gasteiger partial charge on any atom is -0.497 e. The van der Waals surface area contributed by atoms with Crippen LogP contribution in [0.1, 0.15) is 5.56 Å². The summed E-state index contributed by atoms with van der Waals surface area (Å²) in [6, 6.07) is 17.3. The highest BCUT2D eigenvalue weighted by molar-refractivity contribution is 5.69. The van der Waals surface area contributed by atoms with Crippen LogP contribution < -0.4 is 24.8 Å². The molecular formula is C22H19N5O4. The number of hydrogen-bond acceptors (Lipinski definition) is 9. The molecule has 9 nitrogen and oxygen atoms in total. The number of anilines is 3. The first-order valence-electron chi connectivity index (χ1n) is 9.61. The quantitative estimate of drug-likeness (QED) is 0.457. The van der Waals surface area contributed by atoms with Gasteiger partial charge in [0.2, 0.25) is 6.79 Å². The fraction of sp³-hybridized carbons (Fsp3) is 0.136. The number of benzene rings is 2. The van der Waals surface area contributed by atoms with Gasteiger partial charge < -0.3 is 29.3 Å². The molecule has 0 bridgehead atoms. The zero-order valence-corrected chi connectivity index (χ0v) is 16.7. The van der Waals surface area contributed by atoms with Gasteiger partial charge >= 0.3 is 6.01 Å². The van der Waals surface area contributed by atoms with Crippen molar-refractivity contribution in [2.75, 3.05) is 24.5 Å². The summed E-state index contributed by atoms with van der Waals surface area (Å²) in [6.45, 7) is 0.785. The van der Waals surface area contributed by atoms with Crippen LogP contribution in [0.15, 0.2) is 65.2 Å². The molecule has 0 atom stereocenters. The van der Waals surface area contributed by atoms with E-state index in [9.17, 15) is 0 Å². The molecule has 9 heteroatoms. The van der Waals surface area contributed by atoms with Crippen LogP contribution in [0.2, 0.25) is 0 Å². The number of pyridine rings is 1. The third kappa shape index (κ3) is 4.06. The van der Waals surface area contributed by atoms with Crippen molar-refractivity contribution in [3.63, 3.8) is 0 Å². The second kappa shape index (κ2) is 8.23. The average Bonchev–Trinajstić information content (AvgIpc) is 3.47. The van der Waals surface area contributed by atoms with Gasteiger partial charge in [-0.3, -0.25) is 0 Å². The molecule has 1 aliphatic rings. The number of ether oxygens (including phenoxy) is 3. The molecule has 2 N–H and O–H groups in total. The van der Waals surface area contributed by atoms with Crippen molar-refractivity contribution in [2.45, 2.75) is 6.54 Å². The van der Waals surface area contributed by atoms with Crippen LogP contribution in [0.25, 0.3) is 11.5 Å². The Balaban J connectivity index is 1.32. The summed E-state index contributed by atoms with van der Waals surface area (Å²) >= 11 is 0. The van der Waals surface area contributed by atoms with Gasteiger partial charge in [-0.1, -0.05) is 17.2 Å². The van der Waals surface area contributed by atoms with Crippen molar-refractivity contribution in [1.29, 1.82) is 0 Å². The third-order valence-corrected chi connectivity index (χ3v) is 4.68. The summed E-state index contributed by atoms with van der Waals surface area (Å²) in [5, 5.41) is 14.7. The lowest BCUT2D eigenvalue weighted by Gasteiger charge is -2.09. The standard InChI is InChI=1S/C22H19N5O4/c1-28-16-5-2-4-14(10-16)12-24-20-17(6-3-9-23-20)21-26-27-22(31-21)25-15-7-8-18-19(11-15)30-13-29-18/h2-11H,12-13H2,1H3,(H,23,24)(H,25,27). The van der Waals surface area contributed by atoms with Crippen molar-refractivity contribution < 1.29 is 18.6 Å². The van der Waals surface area contributed by atoms with Gasteiger partial charge in [-0.25, -0.2) is 4.98 Å². The van der Waals surface area contributed by atoms with Crippen LogP contribution in [0.5, 0.6) is 17.2 Å². The molecule has 0 saturated carbocycles. The maximum absolute atomic E-state index is 5.82. The highest BCUT2D eigenvalue weighted by atomic mass is 16.7. The highest BCUT2D eigenvalue weighted by Gasteiger charge is 2.16. The monoisotopic (exact) mass is 417 g/mol. The summed E-state index contributed by atoms with van der Waals surface area (Å²) < 4.78 is 21.8. The van der Waals surface area contributed by atoms with Crippen LogP contribution in [-0.2, 0) is 6.54 Å². The number of nitrogens with one attached hydrogen (secondary N) is 2. The molecule has 3 heterocycles. The number of fused-ring (bicyclic) bond motifs is 1. The molecule has 4 aromatic rings. The molecule has 0 radical (unpaired) electrons. The topological polar surface area (TPSA) is 104 Å². The van der Waals surface area contributed by atoms with E-state index in [4.69, 9.17) is 18.6 Å². The first-order valence-corrected chi connectivity index (χ1v) is 9.61. The van der Waals surface area contributed by atoms with E-state index < -0.39 is 0 Å².